The number of amidine groups is 1. The maximum atomic E-state index is 13.2. The number of unbranched alkanes of at least 4 members (excludes halogenated alkanes) is 1. The molecule has 0 spiro atoms. The highest BCUT2D eigenvalue weighted by Gasteiger charge is 2.33. The third kappa shape index (κ3) is 6.61. The molecule has 7 nitrogen and oxygen atoms in total. The van der Waals surface area contributed by atoms with E-state index in [0.29, 0.717) is 34.7 Å². The number of nitrogens with zero attached hydrogens (tertiary/aromatic N) is 2. The fraction of sp³-hybridized carbons (Fsp3) is 0.320. The zero-order valence-corrected chi connectivity index (χ0v) is 20.0. The Kier molecular flexibility index (Phi) is 8.54. The number of benzene rings is 2. The first-order valence-electron chi connectivity index (χ1n) is 11.0. The summed E-state index contributed by atoms with van der Waals surface area (Å²) in [5.74, 6) is 0.282. The lowest BCUT2D eigenvalue weighted by atomic mass is 10.2. The maximum absolute atomic E-state index is 13.2. The molecule has 1 aliphatic rings. The highest BCUT2D eigenvalue weighted by Crippen LogP contribution is 2.36. The first kappa shape index (κ1) is 24.4. The Morgan fingerprint density at radius 3 is 2.55 bits per heavy atom. The molecule has 2 amide bonds. The molecular formula is C25H29N3O4S. The van der Waals surface area contributed by atoms with Gasteiger partial charge in [0, 0.05) is 6.54 Å². The minimum absolute atomic E-state index is 0.0636. The van der Waals surface area contributed by atoms with Gasteiger partial charge in [-0.3, -0.25) is 14.5 Å². The zero-order chi connectivity index (χ0) is 23.8. The van der Waals surface area contributed by atoms with Gasteiger partial charge in [-0.1, -0.05) is 37.1 Å². The van der Waals surface area contributed by atoms with E-state index in [1.54, 1.807) is 17.0 Å². The fourth-order valence-electron chi connectivity index (χ4n) is 3.14. The van der Waals surface area contributed by atoms with Crippen molar-refractivity contribution in [1.29, 1.82) is 0 Å². The van der Waals surface area contributed by atoms with E-state index in [1.807, 2.05) is 50.3 Å². The average Bonchev–Trinajstić information content (AvgIpc) is 3.07. The van der Waals surface area contributed by atoms with E-state index in [9.17, 15) is 9.59 Å². The molecule has 8 heteroatoms. The molecule has 1 heterocycles. The van der Waals surface area contributed by atoms with Crippen LogP contribution in [-0.2, 0) is 9.59 Å². The van der Waals surface area contributed by atoms with Crippen molar-refractivity contribution in [3.8, 4) is 11.5 Å². The van der Waals surface area contributed by atoms with E-state index in [4.69, 9.17) is 20.2 Å². The van der Waals surface area contributed by atoms with Crippen LogP contribution in [0, 0.1) is 6.92 Å². The Balaban J connectivity index is 1.90. The van der Waals surface area contributed by atoms with Gasteiger partial charge in [-0.2, -0.15) is 0 Å². The number of nitrogens with two attached hydrogens (primary N) is 1. The number of aliphatic imine (C=N–C) groups is 1. The Hall–Kier alpha value is -3.26. The van der Waals surface area contributed by atoms with Crippen molar-refractivity contribution in [2.75, 3.05) is 19.8 Å². The summed E-state index contributed by atoms with van der Waals surface area (Å²) in [5, 5.41) is 0.676. The van der Waals surface area contributed by atoms with Crippen LogP contribution in [0.3, 0.4) is 0 Å². The minimum Gasteiger partial charge on any atom is -0.490 e. The van der Waals surface area contributed by atoms with Gasteiger partial charge in [0.1, 0.15) is 0 Å². The third-order valence-electron chi connectivity index (χ3n) is 4.82. The summed E-state index contributed by atoms with van der Waals surface area (Å²) in [6.45, 7) is 6.80. The van der Waals surface area contributed by atoms with E-state index in [0.717, 1.165) is 29.7 Å². The molecule has 0 aliphatic carbocycles. The number of aryl methyl sites for hydroxylation is 1. The quantitative estimate of drug-likeness (QED) is 0.513. The second kappa shape index (κ2) is 11.6. The lowest BCUT2D eigenvalue weighted by molar-refractivity contribution is -0.122. The molecule has 0 unspecified atom stereocenters. The van der Waals surface area contributed by atoms with Crippen molar-refractivity contribution in [1.82, 2.24) is 4.90 Å². The summed E-state index contributed by atoms with van der Waals surface area (Å²) in [6, 6.07) is 13.2. The van der Waals surface area contributed by atoms with Crippen LogP contribution in [0.2, 0.25) is 0 Å². The summed E-state index contributed by atoms with van der Waals surface area (Å²) in [6.07, 6.45) is 3.70. The zero-order valence-electron chi connectivity index (χ0n) is 19.2. The van der Waals surface area contributed by atoms with Crippen LogP contribution in [0.5, 0.6) is 11.5 Å². The van der Waals surface area contributed by atoms with Crippen molar-refractivity contribution in [3.05, 3.63) is 58.5 Å². The van der Waals surface area contributed by atoms with E-state index in [1.165, 1.54) is 11.8 Å². The molecule has 0 bridgehead atoms. The summed E-state index contributed by atoms with van der Waals surface area (Å²) in [7, 11) is 0. The first-order valence-corrected chi connectivity index (χ1v) is 11.8. The van der Waals surface area contributed by atoms with Crippen LogP contribution in [0.4, 0.5) is 5.69 Å². The van der Waals surface area contributed by atoms with Crippen LogP contribution in [0.15, 0.2) is 52.4 Å². The number of amides is 2. The van der Waals surface area contributed by atoms with Crippen molar-refractivity contribution in [2.45, 2.75) is 33.6 Å². The Morgan fingerprint density at radius 1 is 1.12 bits per heavy atom. The molecule has 0 atom stereocenters. The first-order chi connectivity index (χ1) is 15.9. The Labute approximate surface area is 198 Å². The van der Waals surface area contributed by atoms with Gasteiger partial charge in [0.25, 0.3) is 11.8 Å². The molecule has 33 heavy (non-hydrogen) atoms. The van der Waals surface area contributed by atoms with E-state index in [-0.39, 0.29) is 12.5 Å². The Bertz CT molecular complexity index is 1060. The van der Waals surface area contributed by atoms with E-state index >= 15 is 0 Å². The lowest BCUT2D eigenvalue weighted by Crippen LogP contribution is -2.30. The molecule has 1 saturated heterocycles. The molecule has 0 aromatic heterocycles. The molecule has 0 radical (unpaired) electrons. The lowest BCUT2D eigenvalue weighted by Gasteiger charge is -2.14. The molecule has 3 rings (SSSR count). The summed E-state index contributed by atoms with van der Waals surface area (Å²) >= 11 is 1.36. The number of primary amides is 1. The van der Waals surface area contributed by atoms with Crippen LogP contribution >= 0.6 is 11.8 Å². The second-order valence-corrected chi connectivity index (χ2v) is 8.55. The van der Waals surface area contributed by atoms with Crippen molar-refractivity contribution in [3.63, 3.8) is 0 Å². The van der Waals surface area contributed by atoms with Crippen LogP contribution in [0.1, 0.15) is 37.8 Å². The maximum Gasteiger partial charge on any atom is 0.266 e. The number of thioether (sulfide) groups is 1. The summed E-state index contributed by atoms with van der Waals surface area (Å²) < 4.78 is 11.1. The fourth-order valence-corrected chi connectivity index (χ4v) is 4.16. The molecule has 2 aromatic rings. The predicted molar refractivity (Wildman–Crippen MR) is 133 cm³/mol. The van der Waals surface area contributed by atoms with Gasteiger partial charge >= 0.3 is 0 Å². The molecule has 2 aromatic carbocycles. The standard InChI is InChI=1S/C25H29N3O4S/c1-4-6-13-28-24(30)22(33-25(28)27-19-10-7-17(3)8-11-19)15-18-9-12-20(32-16-23(26)29)21(14-18)31-5-2/h7-12,14-15H,4-6,13,16H2,1-3H3,(H2,26,29)/b22-15+,27-25?. The van der Waals surface area contributed by atoms with Crippen LogP contribution in [-0.4, -0.2) is 41.6 Å². The molecular weight excluding hydrogens is 438 g/mol. The number of carbonyl (C=O) groups excluding carboxylic acids is 2. The third-order valence-corrected chi connectivity index (χ3v) is 5.82. The molecule has 174 valence electrons. The number of carbonyl (C=O) groups is 2. The number of hydrogen-bond donors (Lipinski definition) is 1. The molecule has 0 saturated carbocycles. The van der Waals surface area contributed by atoms with Gasteiger partial charge in [0.05, 0.1) is 17.2 Å². The topological polar surface area (TPSA) is 94.2 Å². The summed E-state index contributed by atoms with van der Waals surface area (Å²) in [4.78, 5) is 31.3. The van der Waals surface area contributed by atoms with Gasteiger partial charge in [0.2, 0.25) is 0 Å². The van der Waals surface area contributed by atoms with Gasteiger partial charge < -0.3 is 15.2 Å². The smallest absolute Gasteiger partial charge is 0.266 e. The second-order valence-electron chi connectivity index (χ2n) is 7.55. The van der Waals surface area contributed by atoms with Gasteiger partial charge in [-0.05, 0) is 67.9 Å². The Morgan fingerprint density at radius 2 is 1.88 bits per heavy atom. The van der Waals surface area contributed by atoms with Crippen molar-refractivity contribution >= 4 is 40.5 Å². The number of hydrogen-bond acceptors (Lipinski definition) is 6. The van der Waals surface area contributed by atoms with Crippen molar-refractivity contribution in [2.24, 2.45) is 10.7 Å². The summed E-state index contributed by atoms with van der Waals surface area (Å²) in [5.41, 5.74) is 7.93. The van der Waals surface area contributed by atoms with Gasteiger partial charge in [-0.15, -0.1) is 0 Å². The number of rotatable bonds is 10. The van der Waals surface area contributed by atoms with Crippen LogP contribution in [0.25, 0.3) is 6.08 Å². The van der Waals surface area contributed by atoms with Gasteiger partial charge in [0.15, 0.2) is 23.3 Å². The molecule has 2 N–H and O–H groups in total. The molecule has 1 fully saturated rings. The SMILES string of the molecule is CCCCN1C(=O)/C(=C\c2ccc(OCC(N)=O)c(OCC)c2)SC1=Nc1ccc(C)cc1. The predicted octanol–water partition coefficient (Wildman–Crippen LogP) is 4.66. The van der Waals surface area contributed by atoms with Gasteiger partial charge in [-0.25, -0.2) is 4.99 Å². The van der Waals surface area contributed by atoms with Crippen LogP contribution < -0.4 is 15.2 Å². The monoisotopic (exact) mass is 467 g/mol. The molecule has 1 aliphatic heterocycles. The number of ether oxygens (including phenoxy) is 2. The highest BCUT2D eigenvalue weighted by molar-refractivity contribution is 8.18. The largest absolute Gasteiger partial charge is 0.490 e. The highest BCUT2D eigenvalue weighted by atomic mass is 32.2. The van der Waals surface area contributed by atoms with E-state index in [2.05, 4.69) is 6.92 Å². The van der Waals surface area contributed by atoms with Crippen molar-refractivity contribution < 1.29 is 19.1 Å². The minimum atomic E-state index is -0.566. The average molecular weight is 468 g/mol. The normalized spacial score (nSPS) is 16.0. The van der Waals surface area contributed by atoms with E-state index < -0.39 is 5.91 Å².